The SMILES string of the molecule is CN1C[C@H](O)C[C@H]1C(=O)Nc1cnc2ccccc2c1. The molecule has 2 N–H and O–H groups in total. The third kappa shape index (κ3) is 2.50. The number of rotatable bonds is 2. The second kappa shape index (κ2) is 5.19. The molecule has 0 spiro atoms. The maximum Gasteiger partial charge on any atom is 0.241 e. The van der Waals surface area contributed by atoms with E-state index >= 15 is 0 Å². The Hall–Kier alpha value is -1.98. The fourth-order valence-corrected chi connectivity index (χ4v) is 2.64. The molecule has 0 aliphatic carbocycles. The Morgan fingerprint density at radius 3 is 3.00 bits per heavy atom. The van der Waals surface area contributed by atoms with Gasteiger partial charge >= 0.3 is 0 Å². The van der Waals surface area contributed by atoms with Gasteiger partial charge in [-0.05, 0) is 25.6 Å². The summed E-state index contributed by atoms with van der Waals surface area (Å²) in [6.07, 6.45) is 1.71. The molecule has 0 radical (unpaired) electrons. The van der Waals surface area contributed by atoms with Gasteiger partial charge in [-0.15, -0.1) is 0 Å². The van der Waals surface area contributed by atoms with Gasteiger partial charge < -0.3 is 10.4 Å². The van der Waals surface area contributed by atoms with Crippen molar-refractivity contribution in [2.24, 2.45) is 0 Å². The largest absolute Gasteiger partial charge is 0.392 e. The second-order valence-electron chi connectivity index (χ2n) is 5.25. The molecule has 1 aliphatic heterocycles. The zero-order valence-corrected chi connectivity index (χ0v) is 11.3. The van der Waals surface area contributed by atoms with Crippen LogP contribution in [0.5, 0.6) is 0 Å². The van der Waals surface area contributed by atoms with E-state index in [1.54, 1.807) is 6.20 Å². The summed E-state index contributed by atoms with van der Waals surface area (Å²) in [4.78, 5) is 18.4. The maximum atomic E-state index is 12.2. The van der Waals surface area contributed by atoms with Crippen molar-refractivity contribution in [3.63, 3.8) is 0 Å². The maximum absolute atomic E-state index is 12.2. The van der Waals surface area contributed by atoms with Gasteiger partial charge in [0.25, 0.3) is 0 Å². The molecule has 3 rings (SSSR count). The lowest BCUT2D eigenvalue weighted by Gasteiger charge is -2.18. The molecule has 1 fully saturated rings. The van der Waals surface area contributed by atoms with Crippen LogP contribution in [-0.2, 0) is 4.79 Å². The first kappa shape index (κ1) is 13.0. The third-order valence-corrected chi connectivity index (χ3v) is 3.69. The van der Waals surface area contributed by atoms with Crippen LogP contribution < -0.4 is 5.32 Å². The fraction of sp³-hybridized carbons (Fsp3) is 0.333. The monoisotopic (exact) mass is 271 g/mol. The number of benzene rings is 1. The van der Waals surface area contributed by atoms with E-state index in [0.29, 0.717) is 18.7 Å². The topological polar surface area (TPSA) is 65.5 Å². The van der Waals surface area contributed by atoms with Crippen LogP contribution in [-0.4, -0.2) is 46.6 Å². The molecule has 5 nitrogen and oxygen atoms in total. The minimum Gasteiger partial charge on any atom is -0.392 e. The summed E-state index contributed by atoms with van der Waals surface area (Å²) in [6, 6.07) is 9.40. The summed E-state index contributed by atoms with van der Waals surface area (Å²) in [7, 11) is 1.85. The molecule has 20 heavy (non-hydrogen) atoms. The van der Waals surface area contributed by atoms with Crippen LogP contribution >= 0.6 is 0 Å². The molecule has 2 heterocycles. The molecular weight excluding hydrogens is 254 g/mol. The van der Waals surface area contributed by atoms with Gasteiger partial charge in [0.1, 0.15) is 0 Å². The molecule has 5 heteroatoms. The number of carbonyl (C=O) groups is 1. The number of nitrogens with zero attached hydrogens (tertiary/aromatic N) is 2. The highest BCUT2D eigenvalue weighted by molar-refractivity contribution is 5.96. The molecule has 2 atom stereocenters. The summed E-state index contributed by atoms with van der Waals surface area (Å²) >= 11 is 0. The summed E-state index contributed by atoms with van der Waals surface area (Å²) in [5.41, 5.74) is 1.59. The van der Waals surface area contributed by atoms with Gasteiger partial charge in [-0.3, -0.25) is 14.7 Å². The highest BCUT2D eigenvalue weighted by atomic mass is 16.3. The predicted octanol–water partition coefficient (Wildman–Crippen LogP) is 1.24. The standard InChI is InChI=1S/C15H17N3O2/c1-18-9-12(19)7-14(18)15(20)17-11-6-10-4-2-3-5-13(10)16-8-11/h2-6,8,12,14,19H,7,9H2,1H3,(H,17,20)/t12-,14+/m1/s1. The van der Waals surface area contributed by atoms with Gasteiger partial charge in [0.05, 0.1) is 29.5 Å². The number of anilines is 1. The number of hydrogen-bond donors (Lipinski definition) is 2. The Morgan fingerprint density at radius 2 is 2.25 bits per heavy atom. The normalized spacial score (nSPS) is 23.1. The van der Waals surface area contributed by atoms with Crippen molar-refractivity contribution >= 4 is 22.5 Å². The van der Waals surface area contributed by atoms with Crippen molar-refractivity contribution in [2.75, 3.05) is 18.9 Å². The average molecular weight is 271 g/mol. The summed E-state index contributed by atoms with van der Waals surface area (Å²) in [6.45, 7) is 0.536. The van der Waals surface area contributed by atoms with Gasteiger partial charge in [0.2, 0.25) is 5.91 Å². The minimum atomic E-state index is -0.425. The molecule has 0 unspecified atom stereocenters. The lowest BCUT2D eigenvalue weighted by Crippen LogP contribution is -2.37. The number of aromatic nitrogens is 1. The summed E-state index contributed by atoms with van der Waals surface area (Å²) < 4.78 is 0. The quantitative estimate of drug-likeness (QED) is 0.862. The fourth-order valence-electron chi connectivity index (χ4n) is 2.64. The lowest BCUT2D eigenvalue weighted by molar-refractivity contribution is -0.120. The molecule has 0 bridgehead atoms. The van der Waals surface area contributed by atoms with E-state index < -0.39 is 6.10 Å². The van der Waals surface area contributed by atoms with E-state index in [1.165, 1.54) is 0 Å². The number of amides is 1. The molecule has 1 amide bonds. The zero-order chi connectivity index (χ0) is 14.1. The van der Waals surface area contributed by atoms with E-state index in [9.17, 15) is 9.90 Å². The van der Waals surface area contributed by atoms with Gasteiger partial charge in [-0.2, -0.15) is 0 Å². The molecule has 1 aliphatic rings. The van der Waals surface area contributed by atoms with E-state index in [4.69, 9.17) is 0 Å². The number of hydrogen-bond acceptors (Lipinski definition) is 4. The number of likely N-dealkylation sites (tertiary alicyclic amines) is 1. The number of fused-ring (bicyclic) bond motifs is 1. The van der Waals surface area contributed by atoms with Crippen LogP contribution in [0, 0.1) is 0 Å². The van der Waals surface area contributed by atoms with Crippen molar-refractivity contribution in [3.8, 4) is 0 Å². The second-order valence-corrected chi connectivity index (χ2v) is 5.25. The van der Waals surface area contributed by atoms with Crippen LogP contribution in [0.4, 0.5) is 5.69 Å². The van der Waals surface area contributed by atoms with Crippen molar-refractivity contribution in [2.45, 2.75) is 18.6 Å². The Kier molecular flexibility index (Phi) is 3.38. The number of likely N-dealkylation sites (N-methyl/N-ethyl adjacent to an activating group) is 1. The van der Waals surface area contributed by atoms with E-state index in [2.05, 4.69) is 10.3 Å². The summed E-state index contributed by atoms with van der Waals surface area (Å²) in [5, 5.41) is 13.5. The van der Waals surface area contributed by atoms with E-state index in [0.717, 1.165) is 10.9 Å². The van der Waals surface area contributed by atoms with Crippen LogP contribution in [0.3, 0.4) is 0 Å². The Bertz CT molecular complexity index is 644. The molecule has 104 valence electrons. The number of aliphatic hydroxyl groups excluding tert-OH is 1. The lowest BCUT2D eigenvalue weighted by atomic mass is 10.1. The van der Waals surface area contributed by atoms with Crippen molar-refractivity contribution in [1.82, 2.24) is 9.88 Å². The highest BCUT2D eigenvalue weighted by Crippen LogP contribution is 2.19. The zero-order valence-electron chi connectivity index (χ0n) is 11.3. The van der Waals surface area contributed by atoms with Crippen LogP contribution in [0.15, 0.2) is 36.5 Å². The van der Waals surface area contributed by atoms with E-state index in [1.807, 2.05) is 42.3 Å². The van der Waals surface area contributed by atoms with Crippen LogP contribution in [0.1, 0.15) is 6.42 Å². The number of β-amino-alcohol motifs (C(OH)–C–C–N with tert-alkyl or cyclic N) is 1. The Morgan fingerprint density at radius 1 is 1.45 bits per heavy atom. The smallest absolute Gasteiger partial charge is 0.241 e. The molecule has 1 aromatic carbocycles. The number of aliphatic hydroxyl groups is 1. The number of pyridine rings is 1. The highest BCUT2D eigenvalue weighted by Gasteiger charge is 2.33. The first-order valence-corrected chi connectivity index (χ1v) is 6.67. The summed E-state index contributed by atoms with van der Waals surface area (Å²) in [5.74, 6) is -0.0962. The van der Waals surface area contributed by atoms with Crippen LogP contribution in [0.25, 0.3) is 10.9 Å². The number of para-hydroxylation sites is 1. The average Bonchev–Trinajstić information content (AvgIpc) is 2.78. The Labute approximate surface area is 117 Å². The van der Waals surface area contributed by atoms with Gasteiger partial charge in [0.15, 0.2) is 0 Å². The molecule has 2 aromatic rings. The van der Waals surface area contributed by atoms with Crippen LogP contribution in [0.2, 0.25) is 0 Å². The van der Waals surface area contributed by atoms with Gasteiger partial charge in [0, 0.05) is 11.9 Å². The third-order valence-electron chi connectivity index (χ3n) is 3.69. The number of carbonyl (C=O) groups excluding carboxylic acids is 1. The molecule has 1 aromatic heterocycles. The Balaban J connectivity index is 1.77. The van der Waals surface area contributed by atoms with Crippen molar-refractivity contribution in [1.29, 1.82) is 0 Å². The molecular formula is C15H17N3O2. The van der Waals surface area contributed by atoms with Crippen molar-refractivity contribution < 1.29 is 9.90 Å². The molecule has 1 saturated heterocycles. The molecule has 0 saturated carbocycles. The number of nitrogens with one attached hydrogen (secondary N) is 1. The van der Waals surface area contributed by atoms with Crippen molar-refractivity contribution in [3.05, 3.63) is 36.5 Å². The van der Waals surface area contributed by atoms with Gasteiger partial charge in [-0.25, -0.2) is 0 Å². The predicted molar refractivity (Wildman–Crippen MR) is 77.4 cm³/mol. The first-order chi connectivity index (χ1) is 9.63. The first-order valence-electron chi connectivity index (χ1n) is 6.67. The minimum absolute atomic E-state index is 0.0962. The van der Waals surface area contributed by atoms with E-state index in [-0.39, 0.29) is 11.9 Å². The van der Waals surface area contributed by atoms with Gasteiger partial charge in [-0.1, -0.05) is 18.2 Å².